The van der Waals surface area contributed by atoms with Crippen LogP contribution in [0.15, 0.2) is 30.3 Å². The summed E-state index contributed by atoms with van der Waals surface area (Å²) in [5.41, 5.74) is 0.697. The number of carbonyl (C=O) groups is 1. The van der Waals surface area contributed by atoms with E-state index >= 15 is 0 Å². The normalized spacial score (nSPS) is 24.2. The van der Waals surface area contributed by atoms with Gasteiger partial charge in [-0.1, -0.05) is 18.2 Å². The molecular weight excluding hydrogens is 302 g/mol. The van der Waals surface area contributed by atoms with Crippen LogP contribution in [0.25, 0.3) is 0 Å². The molecule has 1 aromatic heterocycles. The molecule has 6 nitrogen and oxygen atoms in total. The number of aromatic nitrogens is 3. The van der Waals surface area contributed by atoms with Gasteiger partial charge in [0.1, 0.15) is 5.82 Å². The summed E-state index contributed by atoms with van der Waals surface area (Å²) in [6.07, 6.45) is 2.67. The fraction of sp³-hybridized carbons (Fsp3) is 0.500. The lowest BCUT2D eigenvalue weighted by atomic mass is 10.0. The minimum atomic E-state index is -0.0221. The van der Waals surface area contributed by atoms with Crippen LogP contribution < -0.4 is 5.32 Å². The minimum Gasteiger partial charge on any atom is -0.347 e. The first-order valence-corrected chi connectivity index (χ1v) is 8.66. The second kappa shape index (κ2) is 6.36. The zero-order valence-electron chi connectivity index (χ0n) is 13.9. The number of amides is 1. The van der Waals surface area contributed by atoms with E-state index in [0.29, 0.717) is 5.56 Å². The number of rotatable bonds is 5. The summed E-state index contributed by atoms with van der Waals surface area (Å²) in [4.78, 5) is 19.5. The van der Waals surface area contributed by atoms with Gasteiger partial charge in [0.2, 0.25) is 0 Å². The number of nitrogens with one attached hydrogen (secondary N) is 2. The zero-order valence-corrected chi connectivity index (χ0v) is 13.9. The van der Waals surface area contributed by atoms with E-state index in [1.54, 1.807) is 0 Å². The van der Waals surface area contributed by atoms with Crippen molar-refractivity contribution in [2.24, 2.45) is 5.92 Å². The average molecular weight is 325 g/mol. The molecule has 4 rings (SSSR count). The van der Waals surface area contributed by atoms with E-state index in [1.165, 1.54) is 12.8 Å². The Morgan fingerprint density at radius 1 is 1.29 bits per heavy atom. The summed E-state index contributed by atoms with van der Waals surface area (Å²) >= 11 is 0. The number of hydrogen-bond acceptors (Lipinski definition) is 4. The van der Waals surface area contributed by atoms with Crippen LogP contribution in [0.3, 0.4) is 0 Å². The molecule has 0 radical (unpaired) electrons. The first kappa shape index (κ1) is 15.3. The van der Waals surface area contributed by atoms with Crippen molar-refractivity contribution in [3.63, 3.8) is 0 Å². The summed E-state index contributed by atoms with van der Waals surface area (Å²) in [6, 6.07) is 9.43. The maximum atomic E-state index is 12.5. The highest BCUT2D eigenvalue weighted by atomic mass is 16.1. The Bertz CT molecular complexity index is 709. The number of benzene rings is 1. The Kier molecular flexibility index (Phi) is 4.06. The van der Waals surface area contributed by atoms with Crippen LogP contribution in [-0.2, 0) is 0 Å². The van der Waals surface area contributed by atoms with Gasteiger partial charge in [-0.25, -0.2) is 4.98 Å². The van der Waals surface area contributed by atoms with Crippen LogP contribution in [0.1, 0.15) is 40.8 Å². The SMILES string of the molecule is Cc1nc([C@@H]2CN(CC3CC3)C[C@H]2NC(=O)c2ccccc2)n[nH]1. The average Bonchev–Trinajstić information content (AvgIpc) is 3.16. The number of nitrogens with zero attached hydrogens (tertiary/aromatic N) is 3. The van der Waals surface area contributed by atoms with Crippen molar-refractivity contribution in [3.05, 3.63) is 47.5 Å². The van der Waals surface area contributed by atoms with Crippen molar-refractivity contribution < 1.29 is 4.79 Å². The lowest BCUT2D eigenvalue weighted by molar-refractivity contribution is 0.0934. The van der Waals surface area contributed by atoms with Gasteiger partial charge in [0.15, 0.2) is 5.82 Å². The van der Waals surface area contributed by atoms with E-state index < -0.39 is 0 Å². The van der Waals surface area contributed by atoms with Crippen molar-refractivity contribution in [1.29, 1.82) is 0 Å². The van der Waals surface area contributed by atoms with Crippen LogP contribution in [0.2, 0.25) is 0 Å². The van der Waals surface area contributed by atoms with E-state index in [2.05, 4.69) is 25.4 Å². The van der Waals surface area contributed by atoms with Gasteiger partial charge >= 0.3 is 0 Å². The van der Waals surface area contributed by atoms with Crippen molar-refractivity contribution >= 4 is 5.91 Å². The monoisotopic (exact) mass is 325 g/mol. The molecule has 2 aromatic rings. The molecule has 1 amide bonds. The zero-order chi connectivity index (χ0) is 16.5. The van der Waals surface area contributed by atoms with Crippen LogP contribution in [0.5, 0.6) is 0 Å². The third-order valence-electron chi connectivity index (χ3n) is 4.91. The van der Waals surface area contributed by atoms with Gasteiger partial charge < -0.3 is 10.2 Å². The first-order valence-electron chi connectivity index (χ1n) is 8.66. The number of aryl methyl sites for hydroxylation is 1. The molecule has 2 aliphatic rings. The molecule has 0 bridgehead atoms. The second-order valence-corrected chi connectivity index (χ2v) is 6.99. The molecule has 0 unspecified atom stereocenters. The topological polar surface area (TPSA) is 73.9 Å². The lowest BCUT2D eigenvalue weighted by Gasteiger charge is -2.18. The maximum absolute atomic E-state index is 12.5. The van der Waals surface area contributed by atoms with Crippen molar-refractivity contribution in [2.75, 3.05) is 19.6 Å². The summed E-state index contributed by atoms with van der Waals surface area (Å²) < 4.78 is 0. The maximum Gasteiger partial charge on any atom is 0.251 e. The lowest BCUT2D eigenvalue weighted by Crippen LogP contribution is -2.40. The first-order chi connectivity index (χ1) is 11.7. The van der Waals surface area contributed by atoms with Crippen molar-refractivity contribution in [1.82, 2.24) is 25.4 Å². The molecule has 1 aliphatic carbocycles. The highest BCUT2D eigenvalue weighted by Gasteiger charge is 2.39. The largest absolute Gasteiger partial charge is 0.347 e. The molecule has 1 aliphatic heterocycles. The van der Waals surface area contributed by atoms with Crippen LogP contribution in [0, 0.1) is 12.8 Å². The van der Waals surface area contributed by atoms with Gasteiger partial charge in [0, 0.05) is 25.2 Å². The molecule has 6 heteroatoms. The van der Waals surface area contributed by atoms with E-state index in [4.69, 9.17) is 0 Å². The molecule has 2 heterocycles. The van der Waals surface area contributed by atoms with Crippen LogP contribution >= 0.6 is 0 Å². The third-order valence-corrected chi connectivity index (χ3v) is 4.91. The molecule has 24 heavy (non-hydrogen) atoms. The Labute approximate surface area is 141 Å². The summed E-state index contributed by atoms with van der Waals surface area (Å²) in [5.74, 6) is 2.58. The Morgan fingerprint density at radius 3 is 2.75 bits per heavy atom. The molecule has 1 saturated heterocycles. The van der Waals surface area contributed by atoms with Gasteiger partial charge in [-0.15, -0.1) is 0 Å². The summed E-state index contributed by atoms with van der Waals surface area (Å²) in [6.45, 7) is 4.81. The molecule has 1 saturated carbocycles. The fourth-order valence-electron chi connectivity index (χ4n) is 3.47. The van der Waals surface area contributed by atoms with Gasteiger partial charge in [-0.3, -0.25) is 9.89 Å². The minimum absolute atomic E-state index is 0.0221. The number of hydrogen-bond donors (Lipinski definition) is 2. The standard InChI is InChI=1S/C18H23N5O/c1-12-19-17(22-21-12)15-10-23(9-13-7-8-13)11-16(15)20-18(24)14-5-3-2-4-6-14/h2-6,13,15-16H,7-11H2,1H3,(H,20,24)(H,19,21,22)/t15-,16-/m1/s1. The smallest absolute Gasteiger partial charge is 0.251 e. The third kappa shape index (κ3) is 3.33. The van der Waals surface area contributed by atoms with E-state index in [9.17, 15) is 4.79 Å². The molecule has 1 aromatic carbocycles. The number of aromatic amines is 1. The molecule has 0 spiro atoms. The van der Waals surface area contributed by atoms with Gasteiger partial charge in [-0.05, 0) is 37.8 Å². The van der Waals surface area contributed by atoms with Gasteiger partial charge in [0.25, 0.3) is 5.91 Å². The van der Waals surface area contributed by atoms with E-state index in [1.807, 2.05) is 37.3 Å². The predicted octanol–water partition coefficient (Wildman–Crippen LogP) is 1.72. The molecule has 2 atom stereocenters. The quantitative estimate of drug-likeness (QED) is 0.878. The van der Waals surface area contributed by atoms with E-state index in [-0.39, 0.29) is 17.9 Å². The van der Waals surface area contributed by atoms with Crippen molar-refractivity contribution in [3.8, 4) is 0 Å². The van der Waals surface area contributed by atoms with Crippen molar-refractivity contribution in [2.45, 2.75) is 31.7 Å². The molecule has 2 fully saturated rings. The van der Waals surface area contributed by atoms with Gasteiger partial charge in [0.05, 0.1) is 12.0 Å². The number of carbonyl (C=O) groups excluding carboxylic acids is 1. The van der Waals surface area contributed by atoms with Gasteiger partial charge in [-0.2, -0.15) is 5.10 Å². The highest BCUT2D eigenvalue weighted by Crippen LogP contribution is 2.33. The number of H-pyrrole nitrogens is 1. The summed E-state index contributed by atoms with van der Waals surface area (Å²) in [7, 11) is 0. The number of likely N-dealkylation sites (tertiary alicyclic amines) is 1. The highest BCUT2D eigenvalue weighted by molar-refractivity contribution is 5.94. The molecular formula is C18H23N5O. The Balaban J connectivity index is 1.50. The Hall–Kier alpha value is -2.21. The summed E-state index contributed by atoms with van der Waals surface area (Å²) in [5, 5.41) is 10.5. The fourth-order valence-corrected chi connectivity index (χ4v) is 3.47. The predicted molar refractivity (Wildman–Crippen MR) is 90.7 cm³/mol. The molecule has 126 valence electrons. The van der Waals surface area contributed by atoms with E-state index in [0.717, 1.165) is 37.2 Å². The Morgan fingerprint density at radius 2 is 2.08 bits per heavy atom. The second-order valence-electron chi connectivity index (χ2n) is 6.99. The van der Waals surface area contributed by atoms with Crippen LogP contribution in [-0.4, -0.2) is 51.7 Å². The van der Waals surface area contributed by atoms with Crippen LogP contribution in [0.4, 0.5) is 0 Å². The molecule has 2 N–H and O–H groups in total.